The summed E-state index contributed by atoms with van der Waals surface area (Å²) in [4.78, 5) is 14.2. The second-order valence-corrected chi connectivity index (χ2v) is 5.54. The van der Waals surface area contributed by atoms with E-state index in [0.717, 1.165) is 13.1 Å². The van der Waals surface area contributed by atoms with Crippen molar-refractivity contribution in [2.24, 2.45) is 5.92 Å². The first-order valence-electron chi connectivity index (χ1n) is 6.86. The highest BCUT2D eigenvalue weighted by Gasteiger charge is 2.34. The molecule has 0 aromatic heterocycles. The topological polar surface area (TPSA) is 52.6 Å². The van der Waals surface area contributed by atoms with Gasteiger partial charge in [-0.2, -0.15) is 0 Å². The number of aliphatic hydroxyl groups excluding tert-OH is 1. The van der Waals surface area contributed by atoms with E-state index in [1.807, 2.05) is 0 Å². The van der Waals surface area contributed by atoms with Crippen LogP contribution in [0.2, 0.25) is 0 Å². The molecule has 1 aliphatic carbocycles. The van der Waals surface area contributed by atoms with E-state index in [-0.39, 0.29) is 18.6 Å². The van der Waals surface area contributed by atoms with Crippen LogP contribution in [0.1, 0.15) is 39.0 Å². The van der Waals surface area contributed by atoms with Crippen LogP contribution in [-0.4, -0.2) is 47.7 Å². The van der Waals surface area contributed by atoms with Gasteiger partial charge in [-0.1, -0.05) is 26.2 Å². The van der Waals surface area contributed by atoms with Crippen LogP contribution >= 0.6 is 0 Å². The van der Waals surface area contributed by atoms with Gasteiger partial charge in [0, 0.05) is 19.1 Å². The van der Waals surface area contributed by atoms with Crippen molar-refractivity contribution in [3.8, 4) is 0 Å². The summed E-state index contributed by atoms with van der Waals surface area (Å²) in [6.45, 7) is 3.76. The Kier molecular flexibility index (Phi) is 4.40. The molecule has 0 radical (unpaired) electrons. The summed E-state index contributed by atoms with van der Waals surface area (Å²) in [5.74, 6) is 0.472. The summed E-state index contributed by atoms with van der Waals surface area (Å²) in [6.07, 6.45) is 6.19. The molecule has 4 heteroatoms. The molecular formula is C13H24N2O2. The SMILES string of the molecule is CC1CNC(=O)C(CO)N(C2CCCCC2)C1. The van der Waals surface area contributed by atoms with E-state index in [2.05, 4.69) is 17.1 Å². The average molecular weight is 240 g/mol. The fraction of sp³-hybridized carbons (Fsp3) is 0.923. The van der Waals surface area contributed by atoms with Gasteiger partial charge in [-0.05, 0) is 18.8 Å². The number of aliphatic hydroxyl groups is 1. The van der Waals surface area contributed by atoms with Gasteiger partial charge < -0.3 is 10.4 Å². The smallest absolute Gasteiger partial charge is 0.239 e. The third-order valence-electron chi connectivity index (χ3n) is 4.07. The van der Waals surface area contributed by atoms with Gasteiger partial charge >= 0.3 is 0 Å². The number of rotatable bonds is 2. The van der Waals surface area contributed by atoms with E-state index in [0.29, 0.717) is 12.0 Å². The van der Waals surface area contributed by atoms with Crippen molar-refractivity contribution in [2.75, 3.05) is 19.7 Å². The lowest BCUT2D eigenvalue weighted by atomic mass is 9.92. The number of amides is 1. The van der Waals surface area contributed by atoms with Crippen LogP contribution < -0.4 is 5.32 Å². The molecule has 0 bridgehead atoms. The molecule has 1 saturated carbocycles. The second kappa shape index (κ2) is 5.83. The van der Waals surface area contributed by atoms with E-state index in [9.17, 15) is 9.90 Å². The maximum Gasteiger partial charge on any atom is 0.239 e. The molecule has 0 aromatic carbocycles. The maximum absolute atomic E-state index is 11.9. The minimum Gasteiger partial charge on any atom is -0.394 e. The van der Waals surface area contributed by atoms with Gasteiger partial charge in [0.05, 0.1) is 6.61 Å². The standard InChI is InChI=1S/C13H24N2O2/c1-10-7-14-13(17)12(9-16)15(8-10)11-5-3-2-4-6-11/h10-12,16H,2-9H2,1H3,(H,14,17). The highest BCUT2D eigenvalue weighted by molar-refractivity contribution is 5.82. The van der Waals surface area contributed by atoms with E-state index in [1.54, 1.807) is 0 Å². The van der Waals surface area contributed by atoms with Gasteiger partial charge in [0.2, 0.25) is 5.91 Å². The molecule has 98 valence electrons. The van der Waals surface area contributed by atoms with E-state index >= 15 is 0 Å². The summed E-state index contributed by atoms with van der Waals surface area (Å²) < 4.78 is 0. The van der Waals surface area contributed by atoms with Crippen LogP contribution in [0, 0.1) is 5.92 Å². The molecule has 2 unspecified atom stereocenters. The summed E-state index contributed by atoms with van der Waals surface area (Å²) in [5, 5.41) is 12.4. The normalized spacial score (nSPS) is 33.2. The highest BCUT2D eigenvalue weighted by Crippen LogP contribution is 2.26. The third kappa shape index (κ3) is 2.99. The Morgan fingerprint density at radius 3 is 2.71 bits per heavy atom. The molecule has 2 rings (SSSR count). The maximum atomic E-state index is 11.9. The van der Waals surface area contributed by atoms with Gasteiger partial charge in [-0.15, -0.1) is 0 Å². The molecule has 2 atom stereocenters. The lowest BCUT2D eigenvalue weighted by Crippen LogP contribution is -2.51. The van der Waals surface area contributed by atoms with Crippen LogP contribution in [0.4, 0.5) is 0 Å². The predicted molar refractivity (Wildman–Crippen MR) is 66.6 cm³/mol. The van der Waals surface area contributed by atoms with Gasteiger partial charge in [0.25, 0.3) is 0 Å². The van der Waals surface area contributed by atoms with Gasteiger partial charge in [0.1, 0.15) is 6.04 Å². The zero-order valence-corrected chi connectivity index (χ0v) is 10.7. The number of hydrogen-bond acceptors (Lipinski definition) is 3. The third-order valence-corrected chi connectivity index (χ3v) is 4.07. The van der Waals surface area contributed by atoms with Crippen LogP contribution in [0.5, 0.6) is 0 Å². The molecule has 2 fully saturated rings. The monoisotopic (exact) mass is 240 g/mol. The molecule has 0 spiro atoms. The zero-order chi connectivity index (χ0) is 12.3. The molecule has 2 N–H and O–H groups in total. The van der Waals surface area contributed by atoms with Gasteiger partial charge in [0.15, 0.2) is 0 Å². The summed E-state index contributed by atoms with van der Waals surface area (Å²) in [6, 6.07) is 0.162. The first-order chi connectivity index (χ1) is 8.22. The van der Waals surface area contributed by atoms with Gasteiger partial charge in [-0.25, -0.2) is 0 Å². The first-order valence-corrected chi connectivity index (χ1v) is 6.86. The van der Waals surface area contributed by atoms with Crippen molar-refractivity contribution in [2.45, 2.75) is 51.1 Å². The first kappa shape index (κ1) is 12.8. The van der Waals surface area contributed by atoms with E-state index in [4.69, 9.17) is 0 Å². The second-order valence-electron chi connectivity index (χ2n) is 5.54. The summed E-state index contributed by atoms with van der Waals surface area (Å²) in [7, 11) is 0. The van der Waals surface area contributed by atoms with Crippen molar-refractivity contribution >= 4 is 5.91 Å². The van der Waals surface area contributed by atoms with Crippen LogP contribution in [0.25, 0.3) is 0 Å². The molecule has 1 aliphatic heterocycles. The Bertz CT molecular complexity index is 264. The Hall–Kier alpha value is -0.610. The van der Waals surface area contributed by atoms with Gasteiger partial charge in [-0.3, -0.25) is 9.69 Å². The number of hydrogen-bond donors (Lipinski definition) is 2. The summed E-state index contributed by atoms with van der Waals surface area (Å²) in [5.41, 5.74) is 0. The fourth-order valence-corrected chi connectivity index (χ4v) is 3.10. The Morgan fingerprint density at radius 2 is 2.06 bits per heavy atom. The number of nitrogens with zero attached hydrogens (tertiary/aromatic N) is 1. The minimum atomic E-state index is -0.331. The summed E-state index contributed by atoms with van der Waals surface area (Å²) >= 11 is 0. The molecular weight excluding hydrogens is 216 g/mol. The minimum absolute atomic E-state index is 0.00224. The largest absolute Gasteiger partial charge is 0.394 e. The number of carbonyl (C=O) groups excluding carboxylic acids is 1. The molecule has 1 heterocycles. The number of carbonyl (C=O) groups is 1. The van der Waals surface area contributed by atoms with Crippen molar-refractivity contribution in [1.29, 1.82) is 0 Å². The van der Waals surface area contributed by atoms with Crippen LogP contribution in [0.3, 0.4) is 0 Å². The molecule has 4 nitrogen and oxygen atoms in total. The molecule has 2 aliphatic rings. The van der Waals surface area contributed by atoms with Crippen molar-refractivity contribution in [3.05, 3.63) is 0 Å². The lowest BCUT2D eigenvalue weighted by Gasteiger charge is -2.37. The average Bonchev–Trinajstić information content (AvgIpc) is 2.50. The van der Waals surface area contributed by atoms with Crippen LogP contribution in [0.15, 0.2) is 0 Å². The number of nitrogens with one attached hydrogen (secondary N) is 1. The van der Waals surface area contributed by atoms with Crippen molar-refractivity contribution in [1.82, 2.24) is 10.2 Å². The van der Waals surface area contributed by atoms with E-state index in [1.165, 1.54) is 32.1 Å². The molecule has 1 saturated heterocycles. The predicted octanol–water partition coefficient (Wildman–Crippen LogP) is 0.748. The molecule has 0 aromatic rings. The Labute approximate surface area is 103 Å². The Balaban J connectivity index is 2.10. The Morgan fingerprint density at radius 1 is 1.35 bits per heavy atom. The highest BCUT2D eigenvalue weighted by atomic mass is 16.3. The fourth-order valence-electron chi connectivity index (χ4n) is 3.10. The van der Waals surface area contributed by atoms with Crippen molar-refractivity contribution in [3.63, 3.8) is 0 Å². The van der Waals surface area contributed by atoms with Crippen LogP contribution in [-0.2, 0) is 4.79 Å². The lowest BCUT2D eigenvalue weighted by molar-refractivity contribution is -0.128. The zero-order valence-electron chi connectivity index (χ0n) is 10.7. The molecule has 1 amide bonds. The van der Waals surface area contributed by atoms with Crippen molar-refractivity contribution < 1.29 is 9.90 Å². The van der Waals surface area contributed by atoms with E-state index < -0.39 is 0 Å². The quantitative estimate of drug-likeness (QED) is 0.749. The molecule has 17 heavy (non-hydrogen) atoms.